The van der Waals surface area contributed by atoms with Gasteiger partial charge in [-0.15, -0.1) is 0 Å². The molecule has 3 nitrogen and oxygen atoms in total. The van der Waals surface area contributed by atoms with E-state index in [2.05, 4.69) is 4.74 Å². The lowest BCUT2D eigenvalue weighted by molar-refractivity contribution is 0.0597. The minimum absolute atomic E-state index is 0.0993. The maximum atomic E-state index is 12.5. The summed E-state index contributed by atoms with van der Waals surface area (Å²) in [6.45, 7) is 1.94. The van der Waals surface area contributed by atoms with Crippen LogP contribution in [0.4, 0.5) is 0 Å². The van der Waals surface area contributed by atoms with Crippen LogP contribution < -0.4 is 0 Å². The molecule has 2 rings (SSSR count). The van der Waals surface area contributed by atoms with Crippen molar-refractivity contribution in [2.45, 2.75) is 6.92 Å². The summed E-state index contributed by atoms with van der Waals surface area (Å²) in [4.78, 5) is 24.3. The highest BCUT2D eigenvalue weighted by Crippen LogP contribution is 2.23. The number of carbonyl (C=O) groups excluding carboxylic acids is 2. The predicted octanol–water partition coefficient (Wildman–Crippen LogP) is 3.67. The number of benzene rings is 2. The number of methoxy groups -OCH3 is 1. The van der Waals surface area contributed by atoms with Gasteiger partial charge in [-0.3, -0.25) is 4.79 Å². The quantitative estimate of drug-likeness (QED) is 0.639. The van der Waals surface area contributed by atoms with Crippen LogP contribution in [0.1, 0.15) is 31.8 Å². The van der Waals surface area contributed by atoms with Crippen LogP contribution in [0.5, 0.6) is 0 Å². The number of esters is 1. The molecule has 0 aromatic heterocycles. The van der Waals surface area contributed by atoms with Crippen molar-refractivity contribution in [3.8, 4) is 0 Å². The molecule has 2 aromatic rings. The zero-order valence-corrected chi connectivity index (χ0v) is 11.9. The van der Waals surface area contributed by atoms with Gasteiger partial charge in [0.2, 0.25) is 0 Å². The van der Waals surface area contributed by atoms with Gasteiger partial charge in [0.05, 0.1) is 17.7 Å². The number of aryl methyl sites for hydroxylation is 1. The number of hydrogen-bond donors (Lipinski definition) is 0. The molecular weight excluding hydrogens is 276 g/mol. The number of ether oxygens (including phenoxy) is 1. The van der Waals surface area contributed by atoms with Gasteiger partial charge in [0.1, 0.15) is 0 Å². The van der Waals surface area contributed by atoms with Gasteiger partial charge >= 0.3 is 5.97 Å². The van der Waals surface area contributed by atoms with Crippen LogP contribution in [0.3, 0.4) is 0 Å². The Morgan fingerprint density at radius 1 is 1.05 bits per heavy atom. The summed E-state index contributed by atoms with van der Waals surface area (Å²) in [5.74, 6) is -0.876. The van der Waals surface area contributed by atoms with E-state index < -0.39 is 5.97 Å². The van der Waals surface area contributed by atoms with Crippen molar-refractivity contribution in [2.24, 2.45) is 0 Å². The minimum Gasteiger partial charge on any atom is -0.465 e. The predicted molar refractivity (Wildman–Crippen MR) is 77.4 cm³/mol. The lowest BCUT2D eigenvalue weighted by Gasteiger charge is -2.09. The second-order valence-electron chi connectivity index (χ2n) is 4.35. The van der Waals surface area contributed by atoms with Crippen LogP contribution in [-0.4, -0.2) is 18.9 Å². The molecule has 4 heteroatoms. The maximum Gasteiger partial charge on any atom is 0.340 e. The molecule has 0 heterocycles. The molecule has 102 valence electrons. The summed E-state index contributed by atoms with van der Waals surface area (Å²) in [7, 11) is 1.26. The fourth-order valence-electron chi connectivity index (χ4n) is 1.88. The van der Waals surface area contributed by atoms with Gasteiger partial charge in [-0.25, -0.2) is 4.79 Å². The molecule has 0 atom stereocenters. The summed E-state index contributed by atoms with van der Waals surface area (Å²) in [5, 5.41) is 0.204. The third kappa shape index (κ3) is 2.73. The van der Waals surface area contributed by atoms with E-state index in [0.717, 1.165) is 5.56 Å². The van der Waals surface area contributed by atoms with E-state index in [1.807, 2.05) is 19.1 Å². The Labute approximate surface area is 122 Å². The van der Waals surface area contributed by atoms with E-state index >= 15 is 0 Å². The molecule has 0 aliphatic heterocycles. The molecule has 0 spiro atoms. The Hall–Kier alpha value is -2.13. The molecule has 0 saturated carbocycles. The Morgan fingerprint density at radius 2 is 1.70 bits per heavy atom. The van der Waals surface area contributed by atoms with E-state index in [1.165, 1.54) is 7.11 Å². The van der Waals surface area contributed by atoms with Crippen LogP contribution in [-0.2, 0) is 4.74 Å². The van der Waals surface area contributed by atoms with Gasteiger partial charge in [-0.05, 0) is 13.0 Å². The molecule has 0 amide bonds. The van der Waals surface area contributed by atoms with Crippen LogP contribution >= 0.6 is 11.6 Å². The number of ketones is 1. The third-order valence-electron chi connectivity index (χ3n) is 2.96. The molecule has 0 saturated heterocycles. The first-order valence-corrected chi connectivity index (χ1v) is 6.40. The first-order chi connectivity index (χ1) is 9.54. The monoisotopic (exact) mass is 288 g/mol. The van der Waals surface area contributed by atoms with Gasteiger partial charge in [0, 0.05) is 11.1 Å². The molecule has 0 aliphatic rings. The van der Waals surface area contributed by atoms with Crippen molar-refractivity contribution in [3.63, 3.8) is 0 Å². The molecule has 0 radical (unpaired) electrons. The topological polar surface area (TPSA) is 43.4 Å². The summed E-state index contributed by atoms with van der Waals surface area (Å²) < 4.78 is 4.69. The highest BCUT2D eigenvalue weighted by atomic mass is 35.5. The van der Waals surface area contributed by atoms with Gasteiger partial charge < -0.3 is 4.74 Å². The first-order valence-electron chi connectivity index (χ1n) is 6.02. The summed E-state index contributed by atoms with van der Waals surface area (Å²) in [5.41, 5.74) is 1.90. The van der Waals surface area contributed by atoms with Gasteiger partial charge in [0.25, 0.3) is 0 Å². The van der Waals surface area contributed by atoms with E-state index in [-0.39, 0.29) is 21.9 Å². The number of hydrogen-bond acceptors (Lipinski definition) is 3. The molecule has 0 fully saturated rings. The zero-order chi connectivity index (χ0) is 14.7. The Morgan fingerprint density at radius 3 is 2.30 bits per heavy atom. The molecule has 2 aromatic carbocycles. The SMILES string of the molecule is COC(=O)c1c(Cl)cccc1C(=O)c1ccc(C)cc1. The summed E-state index contributed by atoms with van der Waals surface area (Å²) in [6.07, 6.45) is 0. The van der Waals surface area contributed by atoms with Crippen LogP contribution in [0.15, 0.2) is 42.5 Å². The van der Waals surface area contributed by atoms with Crippen LogP contribution in [0, 0.1) is 6.92 Å². The number of rotatable bonds is 3. The highest BCUT2D eigenvalue weighted by molar-refractivity contribution is 6.35. The Kier molecular flexibility index (Phi) is 4.20. The minimum atomic E-state index is -0.619. The Bertz CT molecular complexity index is 660. The molecule has 20 heavy (non-hydrogen) atoms. The fourth-order valence-corrected chi connectivity index (χ4v) is 2.14. The lowest BCUT2D eigenvalue weighted by Crippen LogP contribution is -2.12. The standard InChI is InChI=1S/C16H13ClO3/c1-10-6-8-11(9-7-10)15(18)12-4-3-5-13(17)14(12)16(19)20-2/h3-9H,1-2H3. The van der Waals surface area contributed by atoms with E-state index in [4.69, 9.17) is 11.6 Å². The van der Waals surface area contributed by atoms with Crippen molar-refractivity contribution in [1.82, 2.24) is 0 Å². The molecular formula is C16H13ClO3. The molecule has 0 unspecified atom stereocenters. The van der Waals surface area contributed by atoms with E-state index in [9.17, 15) is 9.59 Å². The normalized spacial score (nSPS) is 10.2. The van der Waals surface area contributed by atoms with E-state index in [0.29, 0.717) is 5.56 Å². The maximum absolute atomic E-state index is 12.5. The molecule has 0 N–H and O–H groups in total. The second-order valence-corrected chi connectivity index (χ2v) is 4.76. The zero-order valence-electron chi connectivity index (χ0n) is 11.1. The second kappa shape index (κ2) is 5.88. The molecule has 0 aliphatic carbocycles. The number of carbonyl (C=O) groups is 2. The Balaban J connectivity index is 2.52. The van der Waals surface area contributed by atoms with Crippen molar-refractivity contribution in [2.75, 3.05) is 7.11 Å². The molecule has 0 bridgehead atoms. The number of halogens is 1. The van der Waals surface area contributed by atoms with Crippen LogP contribution in [0.25, 0.3) is 0 Å². The smallest absolute Gasteiger partial charge is 0.340 e. The van der Waals surface area contributed by atoms with Gasteiger partial charge in [-0.2, -0.15) is 0 Å². The average molecular weight is 289 g/mol. The first kappa shape index (κ1) is 14.3. The largest absolute Gasteiger partial charge is 0.465 e. The highest BCUT2D eigenvalue weighted by Gasteiger charge is 2.21. The van der Waals surface area contributed by atoms with Crippen LogP contribution in [0.2, 0.25) is 5.02 Å². The lowest BCUT2D eigenvalue weighted by atomic mass is 9.97. The van der Waals surface area contributed by atoms with E-state index in [1.54, 1.807) is 30.3 Å². The van der Waals surface area contributed by atoms with Crippen molar-refractivity contribution < 1.29 is 14.3 Å². The van der Waals surface area contributed by atoms with Crippen molar-refractivity contribution in [3.05, 3.63) is 69.7 Å². The third-order valence-corrected chi connectivity index (χ3v) is 3.28. The van der Waals surface area contributed by atoms with Crippen molar-refractivity contribution >= 4 is 23.4 Å². The average Bonchev–Trinajstić information content (AvgIpc) is 2.46. The fraction of sp³-hybridized carbons (Fsp3) is 0.125. The van der Waals surface area contributed by atoms with Crippen molar-refractivity contribution in [1.29, 1.82) is 0 Å². The van der Waals surface area contributed by atoms with Gasteiger partial charge in [0.15, 0.2) is 5.78 Å². The summed E-state index contributed by atoms with van der Waals surface area (Å²) >= 11 is 6.01. The summed E-state index contributed by atoms with van der Waals surface area (Å²) in [6, 6.07) is 11.9. The van der Waals surface area contributed by atoms with Gasteiger partial charge in [-0.1, -0.05) is 53.6 Å².